The molecule has 0 saturated heterocycles. The molecule has 0 bridgehead atoms. The van der Waals surface area contributed by atoms with Crippen LogP contribution in [0, 0.1) is 23.0 Å². The van der Waals surface area contributed by atoms with E-state index >= 15 is 0 Å². The van der Waals surface area contributed by atoms with Gasteiger partial charge in [0.1, 0.15) is 5.82 Å². The number of nitrogens with zero attached hydrogens (tertiary/aromatic N) is 1. The van der Waals surface area contributed by atoms with Gasteiger partial charge in [0.05, 0.1) is 11.0 Å². The molecule has 0 radical (unpaired) electrons. The van der Waals surface area contributed by atoms with Gasteiger partial charge in [0.15, 0.2) is 11.6 Å². The molecule has 1 heterocycles. The molecule has 0 aliphatic heterocycles. The minimum absolute atomic E-state index is 0.352. The quantitative estimate of drug-likeness (QED) is 0.772. The second-order valence-electron chi connectivity index (χ2n) is 7.32. The van der Waals surface area contributed by atoms with Crippen molar-refractivity contribution in [2.45, 2.75) is 52.4 Å². The Labute approximate surface area is 124 Å². The zero-order chi connectivity index (χ0) is 15.2. The predicted octanol–water partition coefficient (Wildman–Crippen LogP) is 5.16. The van der Waals surface area contributed by atoms with Crippen LogP contribution in [0.25, 0.3) is 11.0 Å². The van der Waals surface area contributed by atoms with Gasteiger partial charge in [0.2, 0.25) is 0 Å². The van der Waals surface area contributed by atoms with Gasteiger partial charge < -0.3 is 4.98 Å². The van der Waals surface area contributed by atoms with Crippen LogP contribution in [0.2, 0.25) is 0 Å². The van der Waals surface area contributed by atoms with E-state index in [4.69, 9.17) is 0 Å². The highest BCUT2D eigenvalue weighted by Crippen LogP contribution is 2.42. The highest BCUT2D eigenvalue weighted by Gasteiger charge is 2.31. The van der Waals surface area contributed by atoms with Crippen molar-refractivity contribution >= 4 is 11.0 Å². The number of imidazole rings is 1. The first-order valence-corrected chi connectivity index (χ1v) is 7.69. The van der Waals surface area contributed by atoms with Crippen LogP contribution in [0.4, 0.5) is 8.78 Å². The number of fused-ring (bicyclic) bond motifs is 1. The first-order valence-electron chi connectivity index (χ1n) is 7.69. The van der Waals surface area contributed by atoms with E-state index in [1.54, 1.807) is 0 Å². The average Bonchev–Trinajstić information content (AvgIpc) is 2.81. The summed E-state index contributed by atoms with van der Waals surface area (Å²) >= 11 is 0. The molecule has 114 valence electrons. The number of H-pyrrole nitrogens is 1. The molecule has 21 heavy (non-hydrogen) atoms. The van der Waals surface area contributed by atoms with E-state index in [9.17, 15) is 8.78 Å². The summed E-state index contributed by atoms with van der Waals surface area (Å²) < 4.78 is 26.5. The SMILES string of the molecule is CC(C)(C)C1CCC(c2nc3cc(F)c(F)cc3[nH]2)CC1. The molecular formula is C17H22F2N2. The predicted molar refractivity (Wildman–Crippen MR) is 80.2 cm³/mol. The Morgan fingerprint density at radius 3 is 2.29 bits per heavy atom. The van der Waals surface area contributed by atoms with Crippen molar-refractivity contribution in [3.63, 3.8) is 0 Å². The first kappa shape index (κ1) is 14.5. The molecule has 1 aliphatic rings. The van der Waals surface area contributed by atoms with Crippen LogP contribution in [-0.2, 0) is 0 Å². The summed E-state index contributed by atoms with van der Waals surface area (Å²) in [4.78, 5) is 7.63. The summed E-state index contributed by atoms with van der Waals surface area (Å²) in [5.74, 6) is 0.337. The number of aromatic amines is 1. The molecule has 0 unspecified atom stereocenters. The number of benzene rings is 1. The van der Waals surface area contributed by atoms with Crippen molar-refractivity contribution in [3.8, 4) is 0 Å². The summed E-state index contributed by atoms with van der Waals surface area (Å²) in [6.07, 6.45) is 4.56. The van der Waals surface area contributed by atoms with Crippen LogP contribution >= 0.6 is 0 Å². The summed E-state index contributed by atoms with van der Waals surface area (Å²) in [5, 5.41) is 0. The normalized spacial score (nSPS) is 23.7. The Morgan fingerprint density at radius 2 is 1.67 bits per heavy atom. The van der Waals surface area contributed by atoms with E-state index in [0.29, 0.717) is 22.4 Å². The Bertz CT molecular complexity index is 608. The van der Waals surface area contributed by atoms with E-state index in [0.717, 1.165) is 24.6 Å². The number of hydrogen-bond donors (Lipinski definition) is 1. The monoisotopic (exact) mass is 292 g/mol. The summed E-state index contributed by atoms with van der Waals surface area (Å²) in [6.45, 7) is 6.89. The van der Waals surface area contributed by atoms with Crippen LogP contribution in [0.3, 0.4) is 0 Å². The van der Waals surface area contributed by atoms with Crippen LogP contribution in [0.1, 0.15) is 58.2 Å². The van der Waals surface area contributed by atoms with Gasteiger partial charge in [0, 0.05) is 18.1 Å². The van der Waals surface area contributed by atoms with Crippen molar-refractivity contribution in [1.29, 1.82) is 0 Å². The minimum Gasteiger partial charge on any atom is -0.342 e. The summed E-state index contributed by atoms with van der Waals surface area (Å²) in [5.41, 5.74) is 1.45. The van der Waals surface area contributed by atoms with Gasteiger partial charge in [-0.05, 0) is 37.0 Å². The molecule has 1 N–H and O–H groups in total. The number of hydrogen-bond acceptors (Lipinski definition) is 1. The van der Waals surface area contributed by atoms with E-state index in [-0.39, 0.29) is 0 Å². The highest BCUT2D eigenvalue weighted by molar-refractivity contribution is 5.75. The molecule has 0 atom stereocenters. The van der Waals surface area contributed by atoms with E-state index < -0.39 is 11.6 Å². The fraction of sp³-hybridized carbons (Fsp3) is 0.588. The molecule has 0 amide bonds. The van der Waals surface area contributed by atoms with Crippen molar-refractivity contribution in [2.75, 3.05) is 0 Å². The third kappa shape index (κ3) is 2.81. The van der Waals surface area contributed by atoms with Gasteiger partial charge in [-0.2, -0.15) is 0 Å². The fourth-order valence-corrected chi connectivity index (χ4v) is 3.45. The largest absolute Gasteiger partial charge is 0.342 e. The molecule has 2 aromatic rings. The first-order chi connectivity index (χ1) is 9.84. The number of rotatable bonds is 1. The third-order valence-electron chi connectivity index (χ3n) is 4.88. The van der Waals surface area contributed by atoms with Crippen molar-refractivity contribution in [2.24, 2.45) is 11.3 Å². The maximum Gasteiger partial charge on any atom is 0.161 e. The Balaban J connectivity index is 1.79. The molecule has 0 spiro atoms. The Hall–Kier alpha value is -1.45. The molecule has 1 saturated carbocycles. The van der Waals surface area contributed by atoms with Crippen LogP contribution in [0.5, 0.6) is 0 Å². The highest BCUT2D eigenvalue weighted by atomic mass is 19.2. The van der Waals surface area contributed by atoms with Gasteiger partial charge in [0.25, 0.3) is 0 Å². The van der Waals surface area contributed by atoms with E-state index in [1.807, 2.05) is 0 Å². The zero-order valence-corrected chi connectivity index (χ0v) is 12.8. The van der Waals surface area contributed by atoms with Gasteiger partial charge in [-0.1, -0.05) is 20.8 Å². The lowest BCUT2D eigenvalue weighted by Gasteiger charge is -2.36. The standard InChI is InChI=1S/C17H22F2N2/c1-17(2,3)11-6-4-10(5-7-11)16-20-14-8-12(18)13(19)9-15(14)21-16/h8-11H,4-7H2,1-3H3,(H,20,21). The van der Waals surface area contributed by atoms with Crippen molar-refractivity contribution in [1.82, 2.24) is 9.97 Å². The van der Waals surface area contributed by atoms with Crippen LogP contribution < -0.4 is 0 Å². The fourth-order valence-electron chi connectivity index (χ4n) is 3.45. The molecule has 1 aliphatic carbocycles. The third-order valence-corrected chi connectivity index (χ3v) is 4.88. The molecule has 1 fully saturated rings. The zero-order valence-electron chi connectivity index (χ0n) is 12.8. The number of aromatic nitrogens is 2. The Morgan fingerprint density at radius 1 is 1.05 bits per heavy atom. The second kappa shape index (κ2) is 5.08. The molecular weight excluding hydrogens is 270 g/mol. The summed E-state index contributed by atoms with van der Waals surface area (Å²) in [6, 6.07) is 2.37. The maximum atomic E-state index is 13.3. The topological polar surface area (TPSA) is 28.7 Å². The molecule has 3 rings (SSSR count). The molecule has 4 heteroatoms. The lowest BCUT2D eigenvalue weighted by Crippen LogP contribution is -2.25. The summed E-state index contributed by atoms with van der Waals surface area (Å²) in [7, 11) is 0. The van der Waals surface area contributed by atoms with Crippen molar-refractivity contribution < 1.29 is 8.78 Å². The Kier molecular flexibility index (Phi) is 3.50. The maximum absolute atomic E-state index is 13.3. The molecule has 1 aromatic carbocycles. The smallest absolute Gasteiger partial charge is 0.161 e. The lowest BCUT2D eigenvalue weighted by atomic mass is 9.70. The lowest BCUT2D eigenvalue weighted by molar-refractivity contribution is 0.167. The molecule has 2 nitrogen and oxygen atoms in total. The average molecular weight is 292 g/mol. The molecule has 1 aromatic heterocycles. The van der Waals surface area contributed by atoms with Gasteiger partial charge in [-0.3, -0.25) is 0 Å². The number of nitrogens with one attached hydrogen (secondary N) is 1. The van der Waals surface area contributed by atoms with Gasteiger partial charge in [-0.25, -0.2) is 13.8 Å². The minimum atomic E-state index is -0.836. The van der Waals surface area contributed by atoms with Crippen LogP contribution in [0.15, 0.2) is 12.1 Å². The van der Waals surface area contributed by atoms with Crippen LogP contribution in [-0.4, -0.2) is 9.97 Å². The van der Waals surface area contributed by atoms with Gasteiger partial charge >= 0.3 is 0 Å². The van der Waals surface area contributed by atoms with Gasteiger partial charge in [-0.15, -0.1) is 0 Å². The van der Waals surface area contributed by atoms with Crippen molar-refractivity contribution in [3.05, 3.63) is 29.6 Å². The van der Waals surface area contributed by atoms with E-state index in [2.05, 4.69) is 30.7 Å². The second-order valence-corrected chi connectivity index (χ2v) is 7.32. The number of halogens is 2. The van der Waals surface area contributed by atoms with E-state index in [1.165, 1.54) is 25.0 Å².